The second kappa shape index (κ2) is 8.31. The third-order valence-corrected chi connectivity index (χ3v) is 7.47. The van der Waals surface area contributed by atoms with Crippen molar-refractivity contribution in [3.05, 3.63) is 29.3 Å². The highest BCUT2D eigenvalue weighted by Crippen LogP contribution is 2.33. The number of benzene rings is 1. The summed E-state index contributed by atoms with van der Waals surface area (Å²) in [6, 6.07) is 4.48. The van der Waals surface area contributed by atoms with Crippen molar-refractivity contribution >= 4 is 29.3 Å². The molecular weight excluding hydrogens is 408 g/mol. The number of rotatable bonds is 4. The van der Waals surface area contributed by atoms with Crippen LogP contribution < -0.4 is 10.2 Å². The van der Waals surface area contributed by atoms with Gasteiger partial charge in [-0.05, 0) is 68.8 Å². The first-order valence-electron chi connectivity index (χ1n) is 11.7. The first kappa shape index (κ1) is 21.1. The number of carbonyl (C=O) groups excluding carboxylic acids is 4. The predicted octanol–water partition coefficient (Wildman–Crippen LogP) is 1.65. The molecule has 1 aromatic rings. The fourth-order valence-corrected chi connectivity index (χ4v) is 5.48. The summed E-state index contributed by atoms with van der Waals surface area (Å²) >= 11 is 0. The van der Waals surface area contributed by atoms with Gasteiger partial charge in [-0.3, -0.25) is 29.4 Å². The van der Waals surface area contributed by atoms with Crippen molar-refractivity contribution in [2.24, 2.45) is 11.8 Å². The number of nitrogens with one attached hydrogen (secondary N) is 1. The Morgan fingerprint density at radius 2 is 1.69 bits per heavy atom. The van der Waals surface area contributed by atoms with E-state index in [0.29, 0.717) is 17.0 Å². The quantitative estimate of drug-likeness (QED) is 0.719. The van der Waals surface area contributed by atoms with E-state index in [9.17, 15) is 19.2 Å². The number of hydrogen-bond donors (Lipinski definition) is 1. The molecule has 8 nitrogen and oxygen atoms in total. The van der Waals surface area contributed by atoms with Gasteiger partial charge >= 0.3 is 0 Å². The molecule has 0 radical (unpaired) electrons. The first-order chi connectivity index (χ1) is 15.4. The molecule has 3 saturated heterocycles. The molecule has 3 fully saturated rings. The molecule has 4 aliphatic heterocycles. The molecule has 2 atom stereocenters. The van der Waals surface area contributed by atoms with E-state index in [4.69, 9.17) is 0 Å². The molecule has 0 saturated carbocycles. The highest BCUT2D eigenvalue weighted by Gasteiger charge is 2.44. The van der Waals surface area contributed by atoms with Gasteiger partial charge in [0, 0.05) is 31.7 Å². The van der Waals surface area contributed by atoms with Crippen LogP contribution in [0.15, 0.2) is 18.2 Å². The van der Waals surface area contributed by atoms with Gasteiger partial charge in [0.15, 0.2) is 0 Å². The molecule has 4 heterocycles. The summed E-state index contributed by atoms with van der Waals surface area (Å²) in [5.74, 6) is -0.408. The number of carbonyl (C=O) groups is 4. The molecular formula is C24H30N4O4. The van der Waals surface area contributed by atoms with E-state index in [-0.39, 0.29) is 18.7 Å². The number of imide groups is 2. The standard InChI is InChI=1S/C24H30N4O4/c1-15-6-9-26(10-7-15)13-16-8-11-27(14-16)17-2-3-18-19(12-17)24(32)28(23(18)31)20-4-5-21(29)25-22(20)30/h2-3,12,15-16,20H,4-11,13-14H2,1H3,(H,25,29,30). The van der Waals surface area contributed by atoms with E-state index in [1.54, 1.807) is 12.1 Å². The van der Waals surface area contributed by atoms with Crippen LogP contribution in [0, 0.1) is 11.8 Å². The molecule has 2 unspecified atom stereocenters. The van der Waals surface area contributed by atoms with Gasteiger partial charge < -0.3 is 9.80 Å². The summed E-state index contributed by atoms with van der Waals surface area (Å²) in [6.07, 6.45) is 3.98. The molecule has 32 heavy (non-hydrogen) atoms. The zero-order valence-electron chi connectivity index (χ0n) is 18.5. The normalized spacial score (nSPS) is 27.3. The Morgan fingerprint density at radius 3 is 2.44 bits per heavy atom. The van der Waals surface area contributed by atoms with Crippen LogP contribution in [0.5, 0.6) is 0 Å². The van der Waals surface area contributed by atoms with Crippen LogP contribution in [0.25, 0.3) is 0 Å². The van der Waals surface area contributed by atoms with Gasteiger partial charge in [0.2, 0.25) is 11.8 Å². The van der Waals surface area contributed by atoms with Gasteiger partial charge in [-0.15, -0.1) is 0 Å². The van der Waals surface area contributed by atoms with Gasteiger partial charge in [0.1, 0.15) is 6.04 Å². The van der Waals surface area contributed by atoms with E-state index in [2.05, 4.69) is 22.0 Å². The maximum absolute atomic E-state index is 13.1. The Bertz CT molecular complexity index is 969. The van der Waals surface area contributed by atoms with Gasteiger partial charge in [0.25, 0.3) is 11.8 Å². The SMILES string of the molecule is CC1CCN(CC2CCN(c3ccc4c(c3)C(=O)N(C3CCC(=O)NC3=O)C4=O)C2)CC1. The Morgan fingerprint density at radius 1 is 0.938 bits per heavy atom. The molecule has 0 spiro atoms. The minimum absolute atomic E-state index is 0.125. The summed E-state index contributed by atoms with van der Waals surface area (Å²) in [6.45, 7) is 7.70. The van der Waals surface area contributed by atoms with Crippen LogP contribution >= 0.6 is 0 Å². The van der Waals surface area contributed by atoms with Gasteiger partial charge in [-0.25, -0.2) is 0 Å². The van der Waals surface area contributed by atoms with Crippen molar-refractivity contribution < 1.29 is 19.2 Å². The summed E-state index contributed by atoms with van der Waals surface area (Å²) < 4.78 is 0. The van der Waals surface area contributed by atoms with E-state index in [1.165, 1.54) is 25.9 Å². The Hall–Kier alpha value is -2.74. The number of piperidine rings is 2. The van der Waals surface area contributed by atoms with Gasteiger partial charge in [-0.1, -0.05) is 6.92 Å². The fraction of sp³-hybridized carbons (Fsp3) is 0.583. The fourth-order valence-electron chi connectivity index (χ4n) is 5.48. The topological polar surface area (TPSA) is 90.0 Å². The summed E-state index contributed by atoms with van der Waals surface area (Å²) in [5, 5.41) is 2.23. The van der Waals surface area contributed by atoms with Crippen LogP contribution in [-0.4, -0.2) is 72.2 Å². The minimum Gasteiger partial charge on any atom is -0.371 e. The summed E-state index contributed by atoms with van der Waals surface area (Å²) in [7, 11) is 0. The lowest BCUT2D eigenvalue weighted by molar-refractivity contribution is -0.136. The molecule has 8 heteroatoms. The number of anilines is 1. The van der Waals surface area contributed by atoms with E-state index in [1.807, 2.05) is 6.07 Å². The molecule has 1 aromatic carbocycles. The second-order valence-corrected chi connectivity index (χ2v) is 9.76. The van der Waals surface area contributed by atoms with E-state index in [0.717, 1.165) is 42.6 Å². The zero-order chi connectivity index (χ0) is 22.4. The number of fused-ring (bicyclic) bond motifs is 1. The average Bonchev–Trinajstić information content (AvgIpc) is 3.33. The van der Waals surface area contributed by atoms with Crippen molar-refractivity contribution in [1.82, 2.24) is 15.1 Å². The predicted molar refractivity (Wildman–Crippen MR) is 118 cm³/mol. The largest absolute Gasteiger partial charge is 0.371 e. The van der Waals surface area contributed by atoms with Crippen molar-refractivity contribution in [1.29, 1.82) is 0 Å². The van der Waals surface area contributed by atoms with Crippen LogP contribution in [0.4, 0.5) is 5.69 Å². The molecule has 0 bridgehead atoms. The lowest BCUT2D eigenvalue weighted by Crippen LogP contribution is -2.54. The average molecular weight is 439 g/mol. The van der Waals surface area contributed by atoms with E-state index < -0.39 is 23.8 Å². The molecule has 0 aliphatic carbocycles. The molecule has 0 aromatic heterocycles. The Kier molecular flexibility index (Phi) is 5.49. The molecule has 5 rings (SSSR count). The molecule has 170 valence electrons. The highest BCUT2D eigenvalue weighted by atomic mass is 16.2. The van der Waals surface area contributed by atoms with Gasteiger partial charge in [-0.2, -0.15) is 0 Å². The lowest BCUT2D eigenvalue weighted by atomic mass is 9.98. The third-order valence-electron chi connectivity index (χ3n) is 7.47. The number of amides is 4. The summed E-state index contributed by atoms with van der Waals surface area (Å²) in [5.41, 5.74) is 1.64. The maximum Gasteiger partial charge on any atom is 0.262 e. The van der Waals surface area contributed by atoms with Crippen LogP contribution in [0.1, 0.15) is 59.7 Å². The molecule has 4 amide bonds. The number of likely N-dealkylation sites (tertiary alicyclic amines) is 1. The number of hydrogen-bond acceptors (Lipinski definition) is 6. The van der Waals surface area contributed by atoms with Crippen LogP contribution in [-0.2, 0) is 9.59 Å². The first-order valence-corrected chi connectivity index (χ1v) is 11.7. The van der Waals surface area contributed by atoms with Crippen LogP contribution in [0.3, 0.4) is 0 Å². The highest BCUT2D eigenvalue weighted by molar-refractivity contribution is 6.23. The van der Waals surface area contributed by atoms with Crippen molar-refractivity contribution in [2.75, 3.05) is 37.6 Å². The lowest BCUT2D eigenvalue weighted by Gasteiger charge is -2.32. The van der Waals surface area contributed by atoms with Crippen molar-refractivity contribution in [3.63, 3.8) is 0 Å². The van der Waals surface area contributed by atoms with Crippen molar-refractivity contribution in [3.8, 4) is 0 Å². The number of nitrogens with zero attached hydrogens (tertiary/aromatic N) is 3. The maximum atomic E-state index is 13.1. The van der Waals surface area contributed by atoms with Crippen molar-refractivity contribution in [2.45, 2.75) is 45.1 Å². The molecule has 4 aliphatic rings. The third kappa shape index (κ3) is 3.81. The smallest absolute Gasteiger partial charge is 0.262 e. The van der Waals surface area contributed by atoms with Crippen LogP contribution in [0.2, 0.25) is 0 Å². The molecule has 1 N–H and O–H groups in total. The summed E-state index contributed by atoms with van der Waals surface area (Å²) in [4.78, 5) is 55.5. The minimum atomic E-state index is -0.924. The van der Waals surface area contributed by atoms with Gasteiger partial charge in [0.05, 0.1) is 11.1 Å². The Balaban J connectivity index is 1.27. The monoisotopic (exact) mass is 438 g/mol. The second-order valence-electron chi connectivity index (χ2n) is 9.76. The van der Waals surface area contributed by atoms with E-state index >= 15 is 0 Å². The zero-order valence-corrected chi connectivity index (χ0v) is 18.5. The Labute approximate surface area is 187 Å².